The van der Waals surface area contributed by atoms with Crippen molar-refractivity contribution >= 4 is 5.91 Å². The van der Waals surface area contributed by atoms with Crippen LogP contribution in [0.3, 0.4) is 0 Å². The first-order valence-corrected chi connectivity index (χ1v) is 7.75. The summed E-state index contributed by atoms with van der Waals surface area (Å²) >= 11 is 0. The minimum atomic E-state index is 0.0304. The van der Waals surface area contributed by atoms with E-state index >= 15 is 0 Å². The van der Waals surface area contributed by atoms with Crippen molar-refractivity contribution < 1.29 is 14.4 Å². The van der Waals surface area contributed by atoms with Crippen molar-refractivity contribution in [2.75, 3.05) is 0 Å². The minimum absolute atomic E-state index is 0.0304. The Hall–Kier alpha value is -3.08. The number of rotatable bonds is 3. The van der Waals surface area contributed by atoms with Crippen LogP contribution >= 0.6 is 0 Å². The van der Waals surface area contributed by atoms with Crippen LogP contribution in [-0.4, -0.2) is 21.1 Å². The molecule has 0 radical (unpaired) electrons. The molecule has 2 aromatic carbocycles. The van der Waals surface area contributed by atoms with Crippen molar-refractivity contribution in [1.29, 1.82) is 0 Å². The molecule has 1 aliphatic heterocycles. The molecule has 5 nitrogen and oxygen atoms in total. The maximum absolute atomic E-state index is 12.6. The van der Waals surface area contributed by atoms with Gasteiger partial charge in [-0.1, -0.05) is 23.4 Å². The standard InChI is InChI=1S/C19H16N2O3/c1-12-17(18(24-20-12)13-6-8-15(22)9-7-13)11-21-10-14-4-2-3-5-16(14)19(21)23/h2-9,22H,10-11H2,1H3. The molecule has 120 valence electrons. The Morgan fingerprint density at radius 3 is 2.67 bits per heavy atom. The highest BCUT2D eigenvalue weighted by Gasteiger charge is 2.29. The van der Waals surface area contributed by atoms with Gasteiger partial charge in [0, 0.05) is 23.2 Å². The fourth-order valence-corrected chi connectivity index (χ4v) is 3.05. The van der Waals surface area contributed by atoms with E-state index < -0.39 is 0 Å². The summed E-state index contributed by atoms with van der Waals surface area (Å²) in [6.45, 7) is 2.91. The smallest absolute Gasteiger partial charge is 0.254 e. The van der Waals surface area contributed by atoms with Crippen LogP contribution in [0.15, 0.2) is 53.1 Å². The summed E-state index contributed by atoms with van der Waals surface area (Å²) in [6.07, 6.45) is 0. The van der Waals surface area contributed by atoms with E-state index in [2.05, 4.69) is 5.16 Å². The number of hydrogen-bond acceptors (Lipinski definition) is 4. The molecule has 24 heavy (non-hydrogen) atoms. The topological polar surface area (TPSA) is 66.6 Å². The number of nitrogens with zero attached hydrogens (tertiary/aromatic N) is 2. The van der Waals surface area contributed by atoms with Crippen molar-refractivity contribution in [2.24, 2.45) is 0 Å². The van der Waals surface area contributed by atoms with Crippen LogP contribution in [0.5, 0.6) is 5.75 Å². The van der Waals surface area contributed by atoms with Gasteiger partial charge in [0.25, 0.3) is 5.91 Å². The molecule has 1 aromatic heterocycles. The summed E-state index contributed by atoms with van der Waals surface area (Å²) in [6, 6.07) is 14.4. The van der Waals surface area contributed by atoms with Gasteiger partial charge < -0.3 is 14.5 Å². The van der Waals surface area contributed by atoms with Gasteiger partial charge in [-0.05, 0) is 42.8 Å². The third-order valence-electron chi connectivity index (χ3n) is 4.36. The van der Waals surface area contributed by atoms with E-state index in [0.717, 1.165) is 27.9 Å². The SMILES string of the molecule is Cc1noc(-c2ccc(O)cc2)c1CN1Cc2ccccc2C1=O. The van der Waals surface area contributed by atoms with Crippen molar-refractivity contribution in [3.63, 3.8) is 0 Å². The van der Waals surface area contributed by atoms with E-state index in [1.54, 1.807) is 29.2 Å². The van der Waals surface area contributed by atoms with E-state index in [0.29, 0.717) is 18.8 Å². The Labute approximate surface area is 139 Å². The second kappa shape index (κ2) is 5.53. The van der Waals surface area contributed by atoms with E-state index in [4.69, 9.17) is 4.52 Å². The molecular weight excluding hydrogens is 304 g/mol. The summed E-state index contributed by atoms with van der Waals surface area (Å²) in [5, 5.41) is 13.5. The lowest BCUT2D eigenvalue weighted by atomic mass is 10.1. The van der Waals surface area contributed by atoms with Gasteiger partial charge in [0.05, 0.1) is 12.2 Å². The molecule has 5 heteroatoms. The van der Waals surface area contributed by atoms with Crippen LogP contribution in [0, 0.1) is 6.92 Å². The third-order valence-corrected chi connectivity index (χ3v) is 4.36. The fourth-order valence-electron chi connectivity index (χ4n) is 3.05. The highest BCUT2D eigenvalue weighted by molar-refractivity contribution is 5.98. The molecule has 0 saturated heterocycles. The lowest BCUT2D eigenvalue weighted by Crippen LogP contribution is -2.23. The number of benzene rings is 2. The van der Waals surface area contributed by atoms with E-state index in [1.165, 1.54) is 0 Å². The average molecular weight is 320 g/mol. The molecule has 1 amide bonds. The fraction of sp³-hybridized carbons (Fsp3) is 0.158. The average Bonchev–Trinajstić information content (AvgIpc) is 3.11. The number of aromatic hydroxyl groups is 1. The van der Waals surface area contributed by atoms with Gasteiger partial charge in [-0.3, -0.25) is 4.79 Å². The van der Waals surface area contributed by atoms with E-state index in [9.17, 15) is 9.90 Å². The summed E-state index contributed by atoms with van der Waals surface area (Å²) < 4.78 is 5.47. The molecular formula is C19H16N2O3. The first-order chi connectivity index (χ1) is 11.6. The predicted octanol–water partition coefficient (Wildman–Crippen LogP) is 3.51. The number of aryl methyl sites for hydroxylation is 1. The first-order valence-electron chi connectivity index (χ1n) is 7.75. The molecule has 0 spiro atoms. The van der Waals surface area contributed by atoms with Gasteiger partial charge in [0.2, 0.25) is 0 Å². The Bertz CT molecular complexity index is 913. The summed E-state index contributed by atoms with van der Waals surface area (Å²) in [4.78, 5) is 14.4. The van der Waals surface area contributed by atoms with Crippen LogP contribution in [-0.2, 0) is 13.1 Å². The third kappa shape index (κ3) is 2.34. The Morgan fingerprint density at radius 1 is 1.17 bits per heavy atom. The number of phenols is 1. The molecule has 2 heterocycles. The molecule has 0 atom stereocenters. The lowest BCUT2D eigenvalue weighted by molar-refractivity contribution is 0.0766. The summed E-state index contributed by atoms with van der Waals surface area (Å²) in [5.41, 5.74) is 4.29. The van der Waals surface area contributed by atoms with Crippen LogP contribution in [0.1, 0.15) is 27.2 Å². The Kier molecular flexibility index (Phi) is 3.34. The zero-order valence-corrected chi connectivity index (χ0v) is 13.2. The lowest BCUT2D eigenvalue weighted by Gasteiger charge is -2.15. The summed E-state index contributed by atoms with van der Waals surface area (Å²) in [7, 11) is 0. The number of aromatic nitrogens is 1. The molecule has 4 rings (SSSR count). The Morgan fingerprint density at radius 2 is 1.92 bits per heavy atom. The van der Waals surface area contributed by atoms with Crippen molar-refractivity contribution in [2.45, 2.75) is 20.0 Å². The molecule has 3 aromatic rings. The van der Waals surface area contributed by atoms with Crippen LogP contribution in [0.2, 0.25) is 0 Å². The van der Waals surface area contributed by atoms with Gasteiger partial charge in [-0.25, -0.2) is 0 Å². The highest BCUT2D eigenvalue weighted by Crippen LogP contribution is 2.31. The number of hydrogen-bond donors (Lipinski definition) is 1. The second-order valence-corrected chi connectivity index (χ2v) is 5.94. The van der Waals surface area contributed by atoms with E-state index in [1.807, 2.05) is 31.2 Å². The quantitative estimate of drug-likeness (QED) is 0.802. The number of phenolic OH excluding ortho intramolecular Hbond substituents is 1. The molecule has 0 aliphatic carbocycles. The van der Waals surface area contributed by atoms with Crippen LogP contribution in [0.4, 0.5) is 0 Å². The zero-order chi connectivity index (χ0) is 16.7. The molecule has 0 unspecified atom stereocenters. The highest BCUT2D eigenvalue weighted by atomic mass is 16.5. The monoisotopic (exact) mass is 320 g/mol. The normalized spacial score (nSPS) is 13.4. The maximum Gasteiger partial charge on any atom is 0.254 e. The molecule has 0 saturated carbocycles. The number of carbonyl (C=O) groups is 1. The minimum Gasteiger partial charge on any atom is -0.508 e. The van der Waals surface area contributed by atoms with Gasteiger partial charge in [0.1, 0.15) is 5.75 Å². The maximum atomic E-state index is 12.6. The van der Waals surface area contributed by atoms with Crippen molar-refractivity contribution in [1.82, 2.24) is 10.1 Å². The molecule has 1 aliphatic rings. The molecule has 0 bridgehead atoms. The summed E-state index contributed by atoms with van der Waals surface area (Å²) in [5.74, 6) is 0.862. The first kappa shape index (κ1) is 14.5. The molecule has 1 N–H and O–H groups in total. The molecule has 0 fully saturated rings. The number of fused-ring (bicyclic) bond motifs is 1. The van der Waals surface area contributed by atoms with E-state index in [-0.39, 0.29) is 11.7 Å². The predicted molar refractivity (Wildman–Crippen MR) is 88.4 cm³/mol. The number of carbonyl (C=O) groups excluding carboxylic acids is 1. The number of amides is 1. The van der Waals surface area contributed by atoms with Crippen LogP contribution in [0.25, 0.3) is 11.3 Å². The zero-order valence-electron chi connectivity index (χ0n) is 13.2. The second-order valence-electron chi connectivity index (χ2n) is 5.94. The van der Waals surface area contributed by atoms with Gasteiger partial charge in [-0.15, -0.1) is 0 Å². The van der Waals surface area contributed by atoms with Crippen molar-refractivity contribution in [3.8, 4) is 17.1 Å². The van der Waals surface area contributed by atoms with Crippen LogP contribution < -0.4 is 0 Å². The Balaban J connectivity index is 1.66. The largest absolute Gasteiger partial charge is 0.508 e. The van der Waals surface area contributed by atoms with Gasteiger partial charge in [0.15, 0.2) is 5.76 Å². The van der Waals surface area contributed by atoms with Gasteiger partial charge >= 0.3 is 0 Å². The van der Waals surface area contributed by atoms with Gasteiger partial charge in [-0.2, -0.15) is 0 Å². The van der Waals surface area contributed by atoms with Crippen molar-refractivity contribution in [3.05, 3.63) is 70.9 Å².